The maximum atomic E-state index is 12.5. The molecule has 1 aromatic rings. The molecule has 3 rings (SSSR count). The summed E-state index contributed by atoms with van der Waals surface area (Å²) in [6, 6.07) is 1.87. The number of rotatable bonds is 6. The number of methoxy groups -OCH3 is 1. The molecule has 1 spiro atoms. The molecule has 0 saturated carbocycles. The number of nitrogens with one attached hydrogen (secondary N) is 1. The van der Waals surface area contributed by atoms with Crippen LogP contribution in [-0.2, 0) is 32.5 Å². The molecule has 0 aromatic carbocycles. The van der Waals surface area contributed by atoms with Crippen LogP contribution in [0, 0.1) is 0 Å². The smallest absolute Gasteiger partial charge is 0.249 e. The highest BCUT2D eigenvalue weighted by atomic mass is 16.5. The summed E-state index contributed by atoms with van der Waals surface area (Å²) < 4.78 is 12.8. The number of nitrogens with zero attached hydrogens (tertiary/aromatic N) is 3. The zero-order valence-corrected chi connectivity index (χ0v) is 15.6. The molecule has 2 aliphatic heterocycles. The third kappa shape index (κ3) is 4.42. The Hall–Kier alpha value is -1.93. The summed E-state index contributed by atoms with van der Waals surface area (Å²) in [6.45, 7) is 2.34. The molecule has 144 valence electrons. The summed E-state index contributed by atoms with van der Waals surface area (Å²) in [5.41, 5.74) is 0.535. The molecule has 2 aliphatic rings. The first-order chi connectivity index (χ1) is 12.5. The average molecular weight is 364 g/mol. The van der Waals surface area contributed by atoms with Gasteiger partial charge in [-0.2, -0.15) is 5.10 Å². The molecule has 0 unspecified atom stereocenters. The van der Waals surface area contributed by atoms with Crippen molar-refractivity contribution in [2.45, 2.75) is 43.8 Å². The Balaban J connectivity index is 1.46. The lowest BCUT2D eigenvalue weighted by Gasteiger charge is -2.39. The van der Waals surface area contributed by atoms with Crippen molar-refractivity contribution < 1.29 is 19.1 Å². The molecule has 26 heavy (non-hydrogen) atoms. The van der Waals surface area contributed by atoms with Crippen LogP contribution in [0.15, 0.2) is 12.3 Å². The molecule has 1 atom stereocenters. The van der Waals surface area contributed by atoms with E-state index in [0.29, 0.717) is 32.7 Å². The highest BCUT2D eigenvalue weighted by Crippen LogP contribution is 2.39. The van der Waals surface area contributed by atoms with Crippen LogP contribution in [0.3, 0.4) is 0 Å². The molecule has 2 fully saturated rings. The van der Waals surface area contributed by atoms with Gasteiger partial charge in [0, 0.05) is 40.0 Å². The van der Waals surface area contributed by atoms with E-state index in [9.17, 15) is 9.59 Å². The van der Waals surface area contributed by atoms with Crippen LogP contribution < -0.4 is 5.32 Å². The van der Waals surface area contributed by atoms with Gasteiger partial charge in [-0.1, -0.05) is 0 Å². The molecule has 3 heterocycles. The maximum Gasteiger partial charge on any atom is 0.249 e. The molecular weight excluding hydrogens is 336 g/mol. The van der Waals surface area contributed by atoms with E-state index in [2.05, 4.69) is 10.4 Å². The third-order valence-electron chi connectivity index (χ3n) is 5.28. The van der Waals surface area contributed by atoms with Crippen LogP contribution >= 0.6 is 0 Å². The van der Waals surface area contributed by atoms with E-state index in [1.807, 2.05) is 24.2 Å². The van der Waals surface area contributed by atoms with Crippen LogP contribution in [-0.4, -0.2) is 71.6 Å². The van der Waals surface area contributed by atoms with Crippen LogP contribution in [0.1, 0.15) is 31.4 Å². The van der Waals surface area contributed by atoms with Gasteiger partial charge < -0.3 is 19.7 Å². The Morgan fingerprint density at radius 1 is 1.38 bits per heavy atom. The lowest BCUT2D eigenvalue weighted by Crippen LogP contribution is -2.48. The molecular formula is C18H28N4O4. The van der Waals surface area contributed by atoms with Gasteiger partial charge in [0.15, 0.2) is 0 Å². The molecule has 0 bridgehead atoms. The van der Waals surface area contributed by atoms with Gasteiger partial charge in [-0.05, 0) is 31.7 Å². The zero-order valence-electron chi connectivity index (χ0n) is 15.6. The normalized spacial score (nSPS) is 21.9. The Labute approximate surface area is 153 Å². The lowest BCUT2D eigenvalue weighted by atomic mass is 9.88. The van der Waals surface area contributed by atoms with Crippen molar-refractivity contribution in [1.82, 2.24) is 20.0 Å². The molecule has 8 heteroatoms. The summed E-state index contributed by atoms with van der Waals surface area (Å²) in [7, 11) is 3.45. The van der Waals surface area contributed by atoms with Gasteiger partial charge >= 0.3 is 0 Å². The fraction of sp³-hybridized carbons (Fsp3) is 0.722. The topological polar surface area (TPSA) is 85.7 Å². The number of piperidine rings is 1. The molecule has 2 amide bonds. The van der Waals surface area contributed by atoms with E-state index < -0.39 is 0 Å². The highest BCUT2D eigenvalue weighted by Gasteiger charge is 2.45. The molecule has 0 aliphatic carbocycles. The van der Waals surface area contributed by atoms with E-state index in [1.54, 1.807) is 11.8 Å². The fourth-order valence-corrected chi connectivity index (χ4v) is 3.74. The minimum atomic E-state index is -0.386. The van der Waals surface area contributed by atoms with E-state index >= 15 is 0 Å². The number of hydrogen-bond donors (Lipinski definition) is 1. The summed E-state index contributed by atoms with van der Waals surface area (Å²) in [4.78, 5) is 26.5. The minimum absolute atomic E-state index is 0.0624. The number of likely N-dealkylation sites (tertiary alicyclic amines) is 1. The molecule has 8 nitrogen and oxygen atoms in total. The highest BCUT2D eigenvalue weighted by molar-refractivity contribution is 5.81. The second-order valence-corrected chi connectivity index (χ2v) is 7.15. The van der Waals surface area contributed by atoms with Gasteiger partial charge in [0.1, 0.15) is 6.10 Å². The number of hydrogen-bond acceptors (Lipinski definition) is 5. The second-order valence-electron chi connectivity index (χ2n) is 7.15. The number of ether oxygens (including phenoxy) is 2. The maximum absolute atomic E-state index is 12.5. The quantitative estimate of drug-likeness (QED) is 0.732. The number of aromatic nitrogens is 2. The van der Waals surface area contributed by atoms with Crippen molar-refractivity contribution in [2.75, 3.05) is 33.4 Å². The zero-order chi connectivity index (χ0) is 18.6. The number of carbonyl (C=O) groups excluding carboxylic acids is 2. The van der Waals surface area contributed by atoms with Gasteiger partial charge in [-0.25, -0.2) is 0 Å². The predicted molar refractivity (Wildman–Crippen MR) is 94.4 cm³/mol. The summed E-state index contributed by atoms with van der Waals surface area (Å²) in [6.07, 6.45) is 4.96. The van der Waals surface area contributed by atoms with E-state index in [1.165, 1.54) is 0 Å². The lowest BCUT2D eigenvalue weighted by molar-refractivity contribution is -0.146. The fourth-order valence-electron chi connectivity index (χ4n) is 3.74. The number of amides is 2. The molecule has 1 aromatic heterocycles. The Bertz CT molecular complexity index is 637. The first-order valence-electron chi connectivity index (χ1n) is 9.22. The van der Waals surface area contributed by atoms with Gasteiger partial charge in [0.25, 0.3) is 0 Å². The van der Waals surface area contributed by atoms with E-state index in [-0.39, 0.29) is 23.5 Å². The number of aryl methyl sites for hydroxylation is 1. The first-order valence-corrected chi connectivity index (χ1v) is 9.22. The standard InChI is InChI=1S/C18H28N4O4/c1-21-9-4-14(20-21)13-16(23)22-10-6-18(7-11-22)5-3-15(26-18)17(24)19-8-12-25-2/h4,9,15H,3,5-8,10-13H2,1-2H3,(H,19,24)/t15-/m1/s1. The Morgan fingerprint density at radius 3 is 2.81 bits per heavy atom. The third-order valence-corrected chi connectivity index (χ3v) is 5.28. The first kappa shape index (κ1) is 18.8. The van der Waals surface area contributed by atoms with Gasteiger partial charge in [-0.3, -0.25) is 14.3 Å². The monoisotopic (exact) mass is 364 g/mol. The van der Waals surface area contributed by atoms with Crippen LogP contribution in [0.5, 0.6) is 0 Å². The SMILES string of the molecule is COCCNC(=O)[C@H]1CCC2(CCN(C(=O)Cc3ccn(C)n3)CC2)O1. The minimum Gasteiger partial charge on any atom is -0.383 e. The van der Waals surface area contributed by atoms with Crippen molar-refractivity contribution in [3.8, 4) is 0 Å². The van der Waals surface area contributed by atoms with Crippen LogP contribution in [0.2, 0.25) is 0 Å². The van der Waals surface area contributed by atoms with E-state index in [4.69, 9.17) is 9.47 Å². The molecule has 2 saturated heterocycles. The molecule has 1 N–H and O–H groups in total. The predicted octanol–water partition coefficient (Wildman–Crippen LogP) is 0.265. The van der Waals surface area contributed by atoms with Crippen LogP contribution in [0.4, 0.5) is 0 Å². The van der Waals surface area contributed by atoms with Crippen molar-refractivity contribution in [2.24, 2.45) is 7.05 Å². The van der Waals surface area contributed by atoms with Crippen molar-refractivity contribution in [3.05, 3.63) is 18.0 Å². The van der Waals surface area contributed by atoms with Crippen molar-refractivity contribution >= 4 is 11.8 Å². The second kappa shape index (κ2) is 8.18. The summed E-state index contributed by atoms with van der Waals surface area (Å²) in [5, 5.41) is 7.11. The Kier molecular flexibility index (Phi) is 5.93. The van der Waals surface area contributed by atoms with Crippen molar-refractivity contribution in [3.63, 3.8) is 0 Å². The van der Waals surface area contributed by atoms with Gasteiger partial charge in [0.05, 0.1) is 24.3 Å². The molecule has 0 radical (unpaired) electrons. The van der Waals surface area contributed by atoms with Crippen LogP contribution in [0.25, 0.3) is 0 Å². The Morgan fingerprint density at radius 2 is 2.15 bits per heavy atom. The van der Waals surface area contributed by atoms with Crippen molar-refractivity contribution in [1.29, 1.82) is 0 Å². The van der Waals surface area contributed by atoms with Gasteiger partial charge in [-0.15, -0.1) is 0 Å². The summed E-state index contributed by atoms with van der Waals surface area (Å²) >= 11 is 0. The largest absolute Gasteiger partial charge is 0.383 e. The number of carbonyl (C=O) groups is 2. The van der Waals surface area contributed by atoms with Gasteiger partial charge in [0.2, 0.25) is 11.8 Å². The average Bonchev–Trinajstić information content (AvgIpc) is 3.22. The van der Waals surface area contributed by atoms with E-state index in [0.717, 1.165) is 31.4 Å². The summed E-state index contributed by atoms with van der Waals surface area (Å²) in [5.74, 6) is 0.0398.